The molecule has 0 heterocycles. The van der Waals surface area contributed by atoms with E-state index in [1.807, 2.05) is 0 Å². The number of hydrogen-bond donors (Lipinski definition) is 0. The molecule has 0 aromatic heterocycles. The van der Waals surface area contributed by atoms with Crippen LogP contribution in [0.4, 0.5) is 0 Å². The van der Waals surface area contributed by atoms with Crippen molar-refractivity contribution in [3.63, 3.8) is 0 Å². The van der Waals surface area contributed by atoms with Crippen LogP contribution in [0.25, 0.3) is 0 Å². The summed E-state index contributed by atoms with van der Waals surface area (Å²) in [5, 5.41) is 0. The van der Waals surface area contributed by atoms with E-state index < -0.39 is 0 Å². The number of rotatable bonds is 2. The first-order chi connectivity index (χ1) is 11.0. The summed E-state index contributed by atoms with van der Waals surface area (Å²) >= 11 is 0. The molecule has 0 amide bonds. The summed E-state index contributed by atoms with van der Waals surface area (Å²) in [5.74, 6) is 4.89. The number of Topliss-reactive ketones (excluding diaryl/α,β-unsaturated/α-hetero) is 1. The Labute approximate surface area is 140 Å². The van der Waals surface area contributed by atoms with Gasteiger partial charge in [-0.25, -0.2) is 0 Å². The molecule has 0 aliphatic heterocycles. The minimum absolute atomic E-state index is 0.0209. The van der Waals surface area contributed by atoms with E-state index in [1.54, 1.807) is 0 Å². The molecule has 2 nitrogen and oxygen atoms in total. The van der Waals surface area contributed by atoms with Crippen molar-refractivity contribution in [2.45, 2.75) is 59.3 Å². The van der Waals surface area contributed by atoms with Crippen LogP contribution >= 0.6 is 0 Å². The number of carbonyl (C=O) groups excluding carboxylic acids is 1. The molecule has 2 heteroatoms. The predicted molar refractivity (Wildman–Crippen MR) is 91.7 cm³/mol. The molecule has 23 heavy (non-hydrogen) atoms. The first-order valence-corrected chi connectivity index (χ1v) is 9.62. The van der Waals surface area contributed by atoms with Gasteiger partial charge in [0.2, 0.25) is 0 Å². The molecule has 4 aliphatic carbocycles. The molecule has 0 saturated heterocycles. The molecule has 0 unspecified atom stereocenters. The molecule has 0 aromatic carbocycles. The van der Waals surface area contributed by atoms with Gasteiger partial charge in [0, 0.05) is 17.8 Å². The van der Waals surface area contributed by atoms with Gasteiger partial charge in [-0.15, -0.1) is 0 Å². The topological polar surface area (TPSA) is 26.3 Å². The van der Waals surface area contributed by atoms with Gasteiger partial charge in [0.05, 0.1) is 12.4 Å². The van der Waals surface area contributed by atoms with Gasteiger partial charge in [0.25, 0.3) is 0 Å². The van der Waals surface area contributed by atoms with E-state index >= 15 is 0 Å². The summed E-state index contributed by atoms with van der Waals surface area (Å²) in [5.41, 5.74) is 1.51. The lowest BCUT2D eigenvalue weighted by Crippen LogP contribution is -2.45. The van der Waals surface area contributed by atoms with E-state index in [0.29, 0.717) is 17.6 Å². The third-order valence-electron chi connectivity index (χ3n) is 7.43. The smallest absolute Gasteiger partial charge is 0.141 e. The number of allylic oxidation sites excluding steroid dienone is 4. The Morgan fingerprint density at radius 1 is 1.30 bits per heavy atom. The molecule has 0 radical (unpaired) electrons. The van der Waals surface area contributed by atoms with Crippen molar-refractivity contribution >= 4 is 5.78 Å². The van der Waals surface area contributed by atoms with Gasteiger partial charge in [0.15, 0.2) is 0 Å². The third-order valence-corrected chi connectivity index (χ3v) is 7.43. The Bertz CT molecular complexity index is 572. The lowest BCUT2D eigenvalue weighted by atomic mass is 9.53. The monoisotopic (exact) mass is 314 g/mol. The van der Waals surface area contributed by atoms with E-state index in [-0.39, 0.29) is 11.3 Å². The minimum atomic E-state index is -0.0209. The largest absolute Gasteiger partial charge is 0.498 e. The first kappa shape index (κ1) is 15.5. The Balaban J connectivity index is 1.61. The van der Waals surface area contributed by atoms with Gasteiger partial charge in [-0.3, -0.25) is 4.79 Å². The third kappa shape index (κ3) is 2.24. The van der Waals surface area contributed by atoms with E-state index in [4.69, 9.17) is 4.74 Å². The van der Waals surface area contributed by atoms with Crippen LogP contribution < -0.4 is 0 Å². The van der Waals surface area contributed by atoms with Crippen molar-refractivity contribution in [2.75, 3.05) is 6.61 Å². The average molecular weight is 314 g/mol. The molecule has 0 bridgehead atoms. The van der Waals surface area contributed by atoms with Gasteiger partial charge in [-0.05, 0) is 74.3 Å². The normalized spacial score (nSPS) is 45.5. The minimum Gasteiger partial charge on any atom is -0.498 e. The van der Waals surface area contributed by atoms with Gasteiger partial charge >= 0.3 is 0 Å². The van der Waals surface area contributed by atoms with Crippen molar-refractivity contribution in [3.8, 4) is 0 Å². The van der Waals surface area contributed by atoms with Crippen LogP contribution in [-0.2, 0) is 9.53 Å². The molecule has 6 atom stereocenters. The van der Waals surface area contributed by atoms with E-state index in [0.717, 1.165) is 37.7 Å². The highest BCUT2D eigenvalue weighted by molar-refractivity contribution is 5.89. The average Bonchev–Trinajstić information content (AvgIpc) is 2.78. The van der Waals surface area contributed by atoms with Gasteiger partial charge < -0.3 is 4.74 Å². The molecule has 2 saturated carbocycles. The molecule has 4 aliphatic rings. The highest BCUT2D eigenvalue weighted by Crippen LogP contribution is 2.60. The predicted octanol–water partition coefficient (Wildman–Crippen LogP) is 4.90. The lowest BCUT2D eigenvalue weighted by Gasteiger charge is -2.50. The van der Waals surface area contributed by atoms with Gasteiger partial charge in [-0.2, -0.15) is 0 Å². The van der Waals surface area contributed by atoms with Gasteiger partial charge in [0.1, 0.15) is 5.78 Å². The highest BCUT2D eigenvalue weighted by atomic mass is 16.5. The van der Waals surface area contributed by atoms with Crippen LogP contribution in [0.3, 0.4) is 0 Å². The number of carbonyl (C=O) groups is 1. The molecule has 2 fully saturated rings. The molecule has 126 valence electrons. The maximum atomic E-state index is 12.7. The number of ether oxygens (including phenoxy) is 1. The molecular formula is C21H30O2. The van der Waals surface area contributed by atoms with Crippen molar-refractivity contribution in [3.05, 3.63) is 23.5 Å². The summed E-state index contributed by atoms with van der Waals surface area (Å²) in [7, 11) is 0. The number of ketones is 1. The maximum absolute atomic E-state index is 12.7. The van der Waals surface area contributed by atoms with Crippen LogP contribution in [0.2, 0.25) is 0 Å². The van der Waals surface area contributed by atoms with Crippen molar-refractivity contribution in [2.24, 2.45) is 35.0 Å². The van der Waals surface area contributed by atoms with Crippen LogP contribution in [0.1, 0.15) is 59.3 Å². The van der Waals surface area contributed by atoms with Crippen LogP contribution in [-0.4, -0.2) is 12.4 Å². The van der Waals surface area contributed by atoms with E-state index in [2.05, 4.69) is 32.9 Å². The zero-order chi connectivity index (χ0) is 16.2. The summed E-state index contributed by atoms with van der Waals surface area (Å²) in [6, 6.07) is 0. The molecule has 4 rings (SSSR count). The Morgan fingerprint density at radius 3 is 2.91 bits per heavy atom. The fraction of sp³-hybridized carbons (Fsp3) is 0.762. The summed E-state index contributed by atoms with van der Waals surface area (Å²) in [6.07, 6.45) is 11.8. The second-order valence-electron chi connectivity index (χ2n) is 8.52. The molecule has 0 aromatic rings. The summed E-state index contributed by atoms with van der Waals surface area (Å²) in [4.78, 5) is 12.7. The second-order valence-corrected chi connectivity index (χ2v) is 8.52. The number of hydrogen-bond acceptors (Lipinski definition) is 2. The van der Waals surface area contributed by atoms with Crippen LogP contribution in [0, 0.1) is 35.0 Å². The Morgan fingerprint density at radius 2 is 2.13 bits per heavy atom. The van der Waals surface area contributed by atoms with Crippen molar-refractivity contribution in [1.29, 1.82) is 0 Å². The van der Waals surface area contributed by atoms with Crippen molar-refractivity contribution in [1.82, 2.24) is 0 Å². The van der Waals surface area contributed by atoms with E-state index in [1.165, 1.54) is 30.6 Å². The van der Waals surface area contributed by atoms with Gasteiger partial charge in [-0.1, -0.05) is 19.9 Å². The second kappa shape index (κ2) is 5.50. The van der Waals surface area contributed by atoms with Crippen LogP contribution in [0.5, 0.6) is 0 Å². The zero-order valence-electron chi connectivity index (χ0n) is 14.8. The zero-order valence-corrected chi connectivity index (χ0v) is 14.8. The highest BCUT2D eigenvalue weighted by Gasteiger charge is 2.57. The quantitative estimate of drug-likeness (QED) is 0.724. The maximum Gasteiger partial charge on any atom is 0.141 e. The Hall–Kier alpha value is -1.05. The molecule has 0 spiro atoms. The fourth-order valence-corrected chi connectivity index (χ4v) is 6.34. The fourth-order valence-electron chi connectivity index (χ4n) is 6.34. The first-order valence-electron chi connectivity index (χ1n) is 9.62. The Kier molecular flexibility index (Phi) is 3.70. The van der Waals surface area contributed by atoms with Crippen molar-refractivity contribution < 1.29 is 9.53 Å². The molecule has 0 N–H and O–H groups in total. The number of fused-ring (bicyclic) bond motifs is 5. The van der Waals surface area contributed by atoms with E-state index in [9.17, 15) is 4.79 Å². The SMILES string of the molecule is CCOC1=CC2=CC[C@@H]3[C@H](CC[C@]4(C)C(=O)[C@@H](C)C[C@@H]34)[C@H]2CC1. The standard InChI is InChI=1S/C21H30O2/c1-4-23-15-6-8-16-14(12-15)5-7-18-17(16)9-10-21(3)19(18)11-13(2)20(21)22/h5,12-13,16-19H,4,6-11H2,1-3H3/t13-,16-,17+,18+,19-,21-/m0/s1. The van der Waals surface area contributed by atoms with Crippen LogP contribution in [0.15, 0.2) is 23.5 Å². The molecular weight excluding hydrogens is 284 g/mol. The lowest BCUT2D eigenvalue weighted by molar-refractivity contribution is -0.132. The summed E-state index contributed by atoms with van der Waals surface area (Å²) < 4.78 is 5.76. The summed E-state index contributed by atoms with van der Waals surface area (Å²) in [6.45, 7) is 7.27.